The molecule has 192 valence electrons. The Kier molecular flexibility index (Phi) is 8.76. The SMILES string of the molecule is COc1ccc(S(=O)(=O)N(CC(=O)NCCOc2cc(C)ccc2C)c2ccc(F)cc2)cc1OC. The van der Waals surface area contributed by atoms with Crippen molar-refractivity contribution in [1.82, 2.24) is 5.32 Å². The molecule has 0 bridgehead atoms. The number of anilines is 1. The highest BCUT2D eigenvalue weighted by atomic mass is 32.2. The van der Waals surface area contributed by atoms with Gasteiger partial charge in [0.15, 0.2) is 11.5 Å². The zero-order chi connectivity index (χ0) is 26.3. The fraction of sp³-hybridized carbons (Fsp3) is 0.269. The number of methoxy groups -OCH3 is 2. The average molecular weight is 517 g/mol. The third-order valence-electron chi connectivity index (χ3n) is 5.37. The van der Waals surface area contributed by atoms with Gasteiger partial charge in [0.1, 0.15) is 24.7 Å². The summed E-state index contributed by atoms with van der Waals surface area (Å²) in [4.78, 5) is 12.6. The lowest BCUT2D eigenvalue weighted by Gasteiger charge is -2.24. The Hall–Kier alpha value is -3.79. The minimum Gasteiger partial charge on any atom is -0.493 e. The first kappa shape index (κ1) is 26.8. The van der Waals surface area contributed by atoms with Gasteiger partial charge in [0.25, 0.3) is 10.0 Å². The lowest BCUT2D eigenvalue weighted by atomic mass is 10.1. The summed E-state index contributed by atoms with van der Waals surface area (Å²) in [6, 6.07) is 14.8. The van der Waals surface area contributed by atoms with Crippen molar-refractivity contribution in [3.8, 4) is 17.2 Å². The van der Waals surface area contributed by atoms with Crippen LogP contribution in [0.15, 0.2) is 65.6 Å². The van der Waals surface area contributed by atoms with Crippen molar-refractivity contribution in [2.45, 2.75) is 18.7 Å². The van der Waals surface area contributed by atoms with Crippen LogP contribution in [0.1, 0.15) is 11.1 Å². The molecule has 0 radical (unpaired) electrons. The highest BCUT2D eigenvalue weighted by Crippen LogP contribution is 2.32. The van der Waals surface area contributed by atoms with E-state index in [1.165, 1.54) is 44.6 Å². The summed E-state index contributed by atoms with van der Waals surface area (Å²) in [5.41, 5.74) is 2.15. The molecule has 0 saturated heterocycles. The maximum absolute atomic E-state index is 13.5. The monoisotopic (exact) mass is 516 g/mol. The second-order valence-corrected chi connectivity index (χ2v) is 9.83. The number of hydrogen-bond donors (Lipinski definition) is 1. The molecule has 1 N–H and O–H groups in total. The smallest absolute Gasteiger partial charge is 0.264 e. The third-order valence-corrected chi connectivity index (χ3v) is 7.14. The Balaban J connectivity index is 1.77. The fourth-order valence-electron chi connectivity index (χ4n) is 3.43. The lowest BCUT2D eigenvalue weighted by Crippen LogP contribution is -2.42. The molecule has 8 nitrogen and oxygen atoms in total. The molecule has 3 aromatic rings. The van der Waals surface area contributed by atoms with E-state index in [-0.39, 0.29) is 29.5 Å². The van der Waals surface area contributed by atoms with E-state index in [2.05, 4.69) is 5.32 Å². The number of ether oxygens (including phenoxy) is 3. The van der Waals surface area contributed by atoms with E-state index in [9.17, 15) is 17.6 Å². The Morgan fingerprint density at radius 1 is 0.917 bits per heavy atom. The average Bonchev–Trinajstić information content (AvgIpc) is 2.87. The number of nitrogens with one attached hydrogen (secondary N) is 1. The minimum absolute atomic E-state index is 0.115. The molecule has 36 heavy (non-hydrogen) atoms. The maximum atomic E-state index is 13.5. The highest BCUT2D eigenvalue weighted by Gasteiger charge is 2.28. The normalized spacial score (nSPS) is 11.0. The first-order chi connectivity index (χ1) is 17.1. The molecule has 3 aromatic carbocycles. The van der Waals surface area contributed by atoms with Crippen LogP contribution in [-0.4, -0.2) is 48.2 Å². The number of carbonyl (C=O) groups excluding carboxylic acids is 1. The van der Waals surface area contributed by atoms with Crippen LogP contribution < -0.4 is 23.8 Å². The predicted molar refractivity (Wildman–Crippen MR) is 135 cm³/mol. The molecule has 0 atom stereocenters. The zero-order valence-corrected chi connectivity index (χ0v) is 21.4. The Morgan fingerprint density at radius 3 is 2.28 bits per heavy atom. The van der Waals surface area contributed by atoms with Crippen LogP contribution in [0, 0.1) is 19.7 Å². The molecule has 0 unspecified atom stereocenters. The van der Waals surface area contributed by atoms with Crippen LogP contribution in [0.5, 0.6) is 17.2 Å². The van der Waals surface area contributed by atoms with Gasteiger partial charge in [0.05, 0.1) is 31.3 Å². The molecule has 0 saturated carbocycles. The summed E-state index contributed by atoms with van der Waals surface area (Å²) in [5, 5.41) is 2.67. The summed E-state index contributed by atoms with van der Waals surface area (Å²) in [6.07, 6.45) is 0. The molecular formula is C26H29FN2O6S. The number of sulfonamides is 1. The van der Waals surface area contributed by atoms with Crippen molar-refractivity contribution >= 4 is 21.6 Å². The molecule has 0 aliphatic rings. The molecule has 3 rings (SSSR count). The van der Waals surface area contributed by atoms with E-state index in [1.807, 2.05) is 32.0 Å². The van der Waals surface area contributed by atoms with Crippen LogP contribution >= 0.6 is 0 Å². The van der Waals surface area contributed by atoms with Gasteiger partial charge < -0.3 is 19.5 Å². The standard InChI is InChI=1S/C26H29FN2O6S/c1-18-5-6-19(2)24(15-18)35-14-13-28-26(30)17-29(21-9-7-20(27)8-10-21)36(31,32)22-11-12-23(33-3)25(16-22)34-4/h5-12,15-16H,13-14,17H2,1-4H3,(H,28,30). The maximum Gasteiger partial charge on any atom is 0.264 e. The second-order valence-electron chi connectivity index (χ2n) is 7.97. The van der Waals surface area contributed by atoms with Crippen molar-refractivity contribution in [1.29, 1.82) is 0 Å². The Morgan fingerprint density at radius 2 is 1.61 bits per heavy atom. The number of aryl methyl sites for hydroxylation is 2. The van der Waals surface area contributed by atoms with Gasteiger partial charge in [-0.2, -0.15) is 0 Å². The number of nitrogens with zero attached hydrogens (tertiary/aromatic N) is 1. The van der Waals surface area contributed by atoms with Gasteiger partial charge in [-0.3, -0.25) is 9.10 Å². The van der Waals surface area contributed by atoms with Crippen molar-refractivity contribution in [2.24, 2.45) is 0 Å². The molecule has 0 aliphatic carbocycles. The van der Waals surface area contributed by atoms with Crippen LogP contribution in [-0.2, 0) is 14.8 Å². The van der Waals surface area contributed by atoms with Gasteiger partial charge in [-0.25, -0.2) is 12.8 Å². The molecule has 0 aliphatic heterocycles. The lowest BCUT2D eigenvalue weighted by molar-refractivity contribution is -0.119. The number of hydrogen-bond acceptors (Lipinski definition) is 6. The number of rotatable bonds is 11. The van der Waals surface area contributed by atoms with Crippen molar-refractivity contribution in [3.05, 3.63) is 77.6 Å². The molecule has 0 aromatic heterocycles. The molecular weight excluding hydrogens is 487 g/mol. The largest absolute Gasteiger partial charge is 0.493 e. The Bertz CT molecular complexity index is 1310. The third kappa shape index (κ3) is 6.45. The molecule has 0 spiro atoms. The summed E-state index contributed by atoms with van der Waals surface area (Å²) in [7, 11) is -1.40. The van der Waals surface area contributed by atoms with Crippen LogP contribution in [0.2, 0.25) is 0 Å². The quantitative estimate of drug-likeness (QED) is 0.389. The second kappa shape index (κ2) is 11.8. The van der Waals surface area contributed by atoms with E-state index in [0.29, 0.717) is 11.5 Å². The van der Waals surface area contributed by atoms with Crippen LogP contribution in [0.3, 0.4) is 0 Å². The number of amides is 1. The molecule has 10 heteroatoms. The van der Waals surface area contributed by atoms with Gasteiger partial charge in [-0.1, -0.05) is 12.1 Å². The van der Waals surface area contributed by atoms with Crippen molar-refractivity contribution in [3.63, 3.8) is 0 Å². The van der Waals surface area contributed by atoms with Crippen molar-refractivity contribution < 1.29 is 31.8 Å². The van der Waals surface area contributed by atoms with Gasteiger partial charge in [-0.05, 0) is 67.4 Å². The van der Waals surface area contributed by atoms with E-state index in [1.54, 1.807) is 0 Å². The predicted octanol–water partition coefficient (Wildman–Crippen LogP) is 3.85. The fourth-order valence-corrected chi connectivity index (χ4v) is 4.86. The Labute approximate surface area is 210 Å². The zero-order valence-electron chi connectivity index (χ0n) is 20.6. The first-order valence-corrected chi connectivity index (χ1v) is 12.6. The first-order valence-electron chi connectivity index (χ1n) is 11.1. The summed E-state index contributed by atoms with van der Waals surface area (Å²) in [6.45, 7) is 3.73. The topological polar surface area (TPSA) is 94.2 Å². The van der Waals surface area contributed by atoms with E-state index in [0.717, 1.165) is 27.6 Å². The minimum atomic E-state index is -4.22. The van der Waals surface area contributed by atoms with Crippen LogP contribution in [0.25, 0.3) is 0 Å². The van der Waals surface area contributed by atoms with Gasteiger partial charge >= 0.3 is 0 Å². The van der Waals surface area contributed by atoms with Gasteiger partial charge in [0.2, 0.25) is 5.91 Å². The van der Waals surface area contributed by atoms with Gasteiger partial charge in [-0.15, -0.1) is 0 Å². The number of halogens is 1. The van der Waals surface area contributed by atoms with E-state index in [4.69, 9.17) is 14.2 Å². The van der Waals surface area contributed by atoms with Gasteiger partial charge in [0, 0.05) is 6.07 Å². The van der Waals surface area contributed by atoms with Crippen LogP contribution in [0.4, 0.5) is 10.1 Å². The summed E-state index contributed by atoms with van der Waals surface area (Å²) >= 11 is 0. The summed E-state index contributed by atoms with van der Waals surface area (Å²) in [5.74, 6) is 0.202. The summed E-state index contributed by atoms with van der Waals surface area (Å²) < 4.78 is 57.6. The van der Waals surface area contributed by atoms with Crippen molar-refractivity contribution in [2.75, 3.05) is 38.2 Å². The molecule has 0 heterocycles. The number of benzene rings is 3. The highest BCUT2D eigenvalue weighted by molar-refractivity contribution is 7.92. The molecule has 0 fully saturated rings. The number of carbonyl (C=O) groups is 1. The van der Waals surface area contributed by atoms with E-state index < -0.39 is 28.3 Å². The molecule has 1 amide bonds. The van der Waals surface area contributed by atoms with E-state index >= 15 is 0 Å².